The average Bonchev–Trinajstić information content (AvgIpc) is 3.01. The minimum atomic E-state index is -3.27. The molecule has 0 aliphatic rings. The molecule has 2 aromatic heterocycles. The van der Waals surface area contributed by atoms with Crippen LogP contribution in [-0.4, -0.2) is 33.3 Å². The molecule has 0 saturated heterocycles. The van der Waals surface area contributed by atoms with E-state index < -0.39 is 9.84 Å². The van der Waals surface area contributed by atoms with E-state index in [-0.39, 0.29) is 4.90 Å². The maximum Gasteiger partial charge on any atom is 0.175 e. The number of hydrogen-bond donors (Lipinski definition) is 1. The highest BCUT2D eigenvalue weighted by Crippen LogP contribution is 2.30. The van der Waals surface area contributed by atoms with Crippen molar-refractivity contribution >= 4 is 36.9 Å². The van der Waals surface area contributed by atoms with E-state index in [0.717, 1.165) is 11.3 Å². The van der Waals surface area contributed by atoms with Gasteiger partial charge in [-0.2, -0.15) is 0 Å². The number of nitrogens with one attached hydrogen (secondary N) is 1. The van der Waals surface area contributed by atoms with Gasteiger partial charge in [-0.3, -0.25) is 4.98 Å². The van der Waals surface area contributed by atoms with Gasteiger partial charge in [0, 0.05) is 34.8 Å². The van der Waals surface area contributed by atoms with Gasteiger partial charge in [-0.25, -0.2) is 8.42 Å². The van der Waals surface area contributed by atoms with Crippen LogP contribution in [0.15, 0.2) is 41.6 Å². The van der Waals surface area contributed by atoms with E-state index in [1.54, 1.807) is 29.7 Å². The zero-order valence-corrected chi connectivity index (χ0v) is 17.0. The first-order valence-electron chi connectivity index (χ1n) is 8.40. The number of sulfone groups is 1. The Labute approximate surface area is 163 Å². The Hall–Kier alpha value is -2.56. The average molecular weight is 401 g/mol. The fourth-order valence-electron chi connectivity index (χ4n) is 2.76. The smallest absolute Gasteiger partial charge is 0.175 e. The van der Waals surface area contributed by atoms with Crippen LogP contribution < -0.4 is 10.1 Å². The molecule has 0 amide bonds. The molecule has 3 aromatic rings. The predicted molar refractivity (Wildman–Crippen MR) is 110 cm³/mol. The van der Waals surface area contributed by atoms with Crippen molar-refractivity contribution in [1.29, 1.82) is 0 Å². The predicted octanol–water partition coefficient (Wildman–Crippen LogP) is 3.73. The number of aromatic nitrogens is 1. The van der Waals surface area contributed by atoms with Gasteiger partial charge in [0.2, 0.25) is 0 Å². The normalized spacial score (nSPS) is 11.1. The van der Waals surface area contributed by atoms with Crippen molar-refractivity contribution in [2.24, 2.45) is 0 Å². The monoisotopic (exact) mass is 400 g/mol. The minimum absolute atomic E-state index is 0.224. The van der Waals surface area contributed by atoms with E-state index in [4.69, 9.17) is 4.74 Å². The summed E-state index contributed by atoms with van der Waals surface area (Å²) >= 11 is 1.67. The third-order valence-electron chi connectivity index (χ3n) is 4.12. The molecule has 0 aliphatic heterocycles. The molecule has 7 heteroatoms. The summed E-state index contributed by atoms with van der Waals surface area (Å²) in [5.74, 6) is 6.85. The lowest BCUT2D eigenvalue weighted by atomic mass is 10.1. The number of benzene rings is 1. The van der Waals surface area contributed by atoms with Gasteiger partial charge in [0.1, 0.15) is 5.75 Å². The van der Waals surface area contributed by atoms with Crippen LogP contribution in [0.3, 0.4) is 0 Å². The maximum atomic E-state index is 11.7. The first-order chi connectivity index (χ1) is 12.9. The Kier molecular flexibility index (Phi) is 5.68. The van der Waals surface area contributed by atoms with Crippen LogP contribution in [0.2, 0.25) is 0 Å². The number of pyridine rings is 1. The SMILES string of the molecule is CCc1c(C#CCNc2ccc(S(C)(=O)=O)cc2OC)sc2ccncc12. The number of ether oxygens (including phenoxy) is 1. The molecular formula is C20H20N2O3S2. The van der Waals surface area contributed by atoms with Crippen LogP contribution in [0.25, 0.3) is 10.1 Å². The third kappa shape index (κ3) is 4.24. The number of thiophene rings is 1. The zero-order valence-electron chi connectivity index (χ0n) is 15.4. The molecule has 2 heterocycles. The second-order valence-corrected chi connectivity index (χ2v) is 8.99. The molecule has 0 radical (unpaired) electrons. The molecule has 0 spiro atoms. The Morgan fingerprint density at radius 1 is 1.30 bits per heavy atom. The number of rotatable bonds is 5. The van der Waals surface area contributed by atoms with Crippen LogP contribution in [0, 0.1) is 11.8 Å². The van der Waals surface area contributed by atoms with Gasteiger partial charge in [-0.15, -0.1) is 11.3 Å². The highest BCUT2D eigenvalue weighted by molar-refractivity contribution is 7.90. The van der Waals surface area contributed by atoms with E-state index >= 15 is 0 Å². The van der Waals surface area contributed by atoms with Gasteiger partial charge in [-0.1, -0.05) is 18.8 Å². The van der Waals surface area contributed by atoms with Crippen LogP contribution in [-0.2, 0) is 16.3 Å². The fraction of sp³-hybridized carbons (Fsp3) is 0.250. The first-order valence-corrected chi connectivity index (χ1v) is 11.1. The van der Waals surface area contributed by atoms with Gasteiger partial charge in [0.05, 0.1) is 29.1 Å². The van der Waals surface area contributed by atoms with Crippen LogP contribution >= 0.6 is 11.3 Å². The second kappa shape index (κ2) is 7.99. The standard InChI is InChI=1S/C20H20N2O3S2/c1-4-15-16-13-21-11-9-20(16)26-19(15)6-5-10-22-17-8-7-14(27(3,23)24)12-18(17)25-2/h7-9,11-13,22H,4,10H2,1-3H3. The van der Waals surface area contributed by atoms with Crippen LogP contribution in [0.4, 0.5) is 5.69 Å². The van der Waals surface area contributed by atoms with Gasteiger partial charge >= 0.3 is 0 Å². The molecule has 0 fully saturated rings. The summed E-state index contributed by atoms with van der Waals surface area (Å²) in [7, 11) is -1.76. The van der Waals surface area contributed by atoms with Crippen molar-refractivity contribution in [1.82, 2.24) is 4.98 Å². The van der Waals surface area contributed by atoms with Crippen molar-refractivity contribution in [3.63, 3.8) is 0 Å². The number of anilines is 1. The summed E-state index contributed by atoms with van der Waals surface area (Å²) in [6, 6.07) is 6.78. The van der Waals surface area contributed by atoms with Crippen LogP contribution in [0.5, 0.6) is 5.75 Å². The molecule has 0 bridgehead atoms. The molecule has 27 heavy (non-hydrogen) atoms. The van der Waals surface area contributed by atoms with E-state index in [9.17, 15) is 8.42 Å². The summed E-state index contributed by atoms with van der Waals surface area (Å²) in [6.45, 7) is 2.54. The maximum absolute atomic E-state index is 11.7. The molecule has 0 saturated carbocycles. The van der Waals surface area contributed by atoms with E-state index in [0.29, 0.717) is 18.0 Å². The largest absolute Gasteiger partial charge is 0.495 e. The topological polar surface area (TPSA) is 68.3 Å². The minimum Gasteiger partial charge on any atom is -0.495 e. The number of nitrogens with zero attached hydrogens (tertiary/aromatic N) is 1. The number of fused-ring (bicyclic) bond motifs is 1. The lowest BCUT2D eigenvalue weighted by Crippen LogP contribution is -2.03. The summed E-state index contributed by atoms with van der Waals surface area (Å²) in [5.41, 5.74) is 1.93. The molecule has 1 aromatic carbocycles. The number of aryl methyl sites for hydroxylation is 1. The molecule has 0 aliphatic carbocycles. The van der Waals surface area contributed by atoms with Gasteiger partial charge < -0.3 is 10.1 Å². The summed E-state index contributed by atoms with van der Waals surface area (Å²) < 4.78 is 29.8. The van der Waals surface area contributed by atoms with Gasteiger partial charge in [0.15, 0.2) is 9.84 Å². The Balaban J connectivity index is 1.78. The molecular weight excluding hydrogens is 380 g/mol. The highest BCUT2D eigenvalue weighted by atomic mass is 32.2. The summed E-state index contributed by atoms with van der Waals surface area (Å²) in [5, 5.41) is 4.35. The summed E-state index contributed by atoms with van der Waals surface area (Å²) in [4.78, 5) is 5.49. The highest BCUT2D eigenvalue weighted by Gasteiger charge is 2.11. The molecule has 1 N–H and O–H groups in total. The quantitative estimate of drug-likeness (QED) is 0.661. The van der Waals surface area contributed by atoms with Crippen molar-refractivity contribution in [3.05, 3.63) is 47.1 Å². The Morgan fingerprint density at radius 3 is 2.81 bits per heavy atom. The first kappa shape index (κ1) is 19.2. The zero-order chi connectivity index (χ0) is 19.4. The van der Waals surface area contributed by atoms with Gasteiger partial charge in [-0.05, 0) is 30.2 Å². The molecule has 0 atom stereocenters. The van der Waals surface area contributed by atoms with Crippen molar-refractivity contribution in [2.75, 3.05) is 25.2 Å². The molecule has 140 valence electrons. The van der Waals surface area contributed by atoms with E-state index in [2.05, 4.69) is 29.1 Å². The molecule has 5 nitrogen and oxygen atoms in total. The third-order valence-corrected chi connectivity index (χ3v) is 6.35. The number of methoxy groups -OCH3 is 1. The second-order valence-electron chi connectivity index (χ2n) is 5.92. The van der Waals surface area contributed by atoms with Crippen molar-refractivity contribution in [2.45, 2.75) is 18.2 Å². The summed E-state index contributed by atoms with van der Waals surface area (Å²) in [6.07, 6.45) is 5.77. The molecule has 3 rings (SSSR count). The Bertz CT molecular complexity index is 1140. The fourth-order valence-corrected chi connectivity index (χ4v) is 4.53. The van der Waals surface area contributed by atoms with Crippen molar-refractivity contribution < 1.29 is 13.2 Å². The van der Waals surface area contributed by atoms with Gasteiger partial charge in [0.25, 0.3) is 0 Å². The van der Waals surface area contributed by atoms with E-state index in [1.807, 2.05) is 12.3 Å². The number of hydrogen-bond acceptors (Lipinski definition) is 6. The van der Waals surface area contributed by atoms with Crippen LogP contribution in [0.1, 0.15) is 17.4 Å². The van der Waals surface area contributed by atoms with E-state index in [1.165, 1.54) is 35.1 Å². The lowest BCUT2D eigenvalue weighted by Gasteiger charge is -2.10. The Morgan fingerprint density at radius 2 is 2.11 bits per heavy atom. The lowest BCUT2D eigenvalue weighted by molar-refractivity contribution is 0.415. The van der Waals surface area contributed by atoms with Crippen molar-refractivity contribution in [3.8, 4) is 17.6 Å². The molecule has 0 unspecified atom stereocenters.